The zero-order chi connectivity index (χ0) is 23.6. The van der Waals surface area contributed by atoms with Gasteiger partial charge < -0.3 is 20.3 Å². The van der Waals surface area contributed by atoms with Gasteiger partial charge in [0.25, 0.3) is 0 Å². The molecule has 166 valence electrons. The van der Waals surface area contributed by atoms with E-state index < -0.39 is 38.2 Å². The minimum Gasteiger partial charge on any atom is -0.507 e. The van der Waals surface area contributed by atoms with Crippen LogP contribution in [0.25, 0.3) is 0 Å². The Kier molecular flexibility index (Phi) is 6.86. The number of hydrogen-bond acceptors (Lipinski definition) is 6. The van der Waals surface area contributed by atoms with Gasteiger partial charge in [0.2, 0.25) is 9.84 Å². The molecule has 1 amide bonds. The first-order valence-electron chi connectivity index (χ1n) is 8.54. The highest BCUT2D eigenvalue weighted by molar-refractivity contribution is 9.11. The first-order valence-corrected chi connectivity index (χ1v) is 11.6. The van der Waals surface area contributed by atoms with Crippen molar-refractivity contribution in [3.8, 4) is 17.2 Å². The number of ether oxygens (including phenoxy) is 1. The number of anilines is 1. The van der Waals surface area contributed by atoms with Crippen LogP contribution in [0, 0.1) is 5.82 Å². The van der Waals surface area contributed by atoms with E-state index in [0.29, 0.717) is 8.95 Å². The van der Waals surface area contributed by atoms with Gasteiger partial charge in [-0.1, -0.05) is 0 Å². The largest absolute Gasteiger partial charge is 0.507 e. The number of hydrogen-bond donors (Lipinski definition) is 3. The SMILES string of the molecule is O=C(O)C(=O)Nc1cc(Br)c(Oc2ccc(O)c(S(=O)(=O)c3ccc(F)cc3)c2)c(Br)c1. The number of carboxylic acids is 1. The van der Waals surface area contributed by atoms with Crippen LogP contribution < -0.4 is 10.1 Å². The molecule has 0 heterocycles. The van der Waals surface area contributed by atoms with Gasteiger partial charge in [-0.15, -0.1) is 0 Å². The molecule has 3 aromatic rings. The van der Waals surface area contributed by atoms with Crippen LogP contribution in [0.4, 0.5) is 10.1 Å². The molecular formula is C20H12Br2FNO7S. The molecule has 32 heavy (non-hydrogen) atoms. The number of benzene rings is 3. The number of nitrogens with one attached hydrogen (secondary N) is 1. The van der Waals surface area contributed by atoms with Crippen LogP contribution >= 0.6 is 31.9 Å². The van der Waals surface area contributed by atoms with Gasteiger partial charge in [-0.25, -0.2) is 17.6 Å². The van der Waals surface area contributed by atoms with Gasteiger partial charge in [0.1, 0.15) is 22.2 Å². The lowest BCUT2D eigenvalue weighted by Crippen LogP contribution is -2.21. The van der Waals surface area contributed by atoms with Crippen molar-refractivity contribution in [3.63, 3.8) is 0 Å². The zero-order valence-corrected chi connectivity index (χ0v) is 19.7. The molecule has 0 aromatic heterocycles. The fourth-order valence-corrected chi connectivity index (χ4v) is 5.26. The highest BCUT2D eigenvalue weighted by Crippen LogP contribution is 2.41. The molecular weight excluding hydrogens is 577 g/mol. The van der Waals surface area contributed by atoms with Crippen molar-refractivity contribution >= 4 is 59.3 Å². The molecule has 0 radical (unpaired) electrons. The van der Waals surface area contributed by atoms with Crippen molar-refractivity contribution in [2.45, 2.75) is 9.79 Å². The normalized spacial score (nSPS) is 11.1. The van der Waals surface area contributed by atoms with E-state index in [4.69, 9.17) is 9.84 Å². The number of sulfone groups is 1. The molecule has 0 atom stereocenters. The van der Waals surface area contributed by atoms with E-state index >= 15 is 0 Å². The number of aromatic hydroxyl groups is 1. The molecule has 0 aliphatic heterocycles. The van der Waals surface area contributed by atoms with Crippen LogP contribution in [0.5, 0.6) is 17.2 Å². The summed E-state index contributed by atoms with van der Waals surface area (Å²) in [7, 11) is -4.17. The van der Waals surface area contributed by atoms with Gasteiger partial charge in [0.15, 0.2) is 5.75 Å². The molecule has 12 heteroatoms. The second-order valence-corrected chi connectivity index (χ2v) is 9.84. The first kappa shape index (κ1) is 23.7. The third kappa shape index (κ3) is 5.09. The maximum atomic E-state index is 13.2. The third-order valence-corrected chi connectivity index (χ3v) is 6.99. The number of amides is 1. The predicted octanol–water partition coefficient (Wildman–Crippen LogP) is 4.70. The topological polar surface area (TPSA) is 130 Å². The van der Waals surface area contributed by atoms with Gasteiger partial charge in [0, 0.05) is 11.8 Å². The summed E-state index contributed by atoms with van der Waals surface area (Å²) in [6, 6.07) is 10.5. The maximum absolute atomic E-state index is 13.2. The minimum absolute atomic E-state index is 0.0483. The summed E-state index contributed by atoms with van der Waals surface area (Å²) < 4.78 is 45.2. The first-order chi connectivity index (χ1) is 15.0. The van der Waals surface area contributed by atoms with Crippen LogP contribution in [0.2, 0.25) is 0 Å². The molecule has 3 aromatic carbocycles. The number of phenols is 1. The van der Waals surface area contributed by atoms with E-state index in [2.05, 4.69) is 37.2 Å². The Balaban J connectivity index is 1.95. The lowest BCUT2D eigenvalue weighted by molar-refractivity contribution is -0.147. The standard InChI is InChI=1S/C20H12Br2FNO7S/c21-14-7-11(24-19(26)20(27)28)8-15(22)18(14)31-12-3-6-16(25)17(9-12)32(29,30)13-4-1-10(23)2-5-13/h1-9,25H,(H,24,26)(H,27,28). The monoisotopic (exact) mass is 587 g/mol. The molecule has 0 bridgehead atoms. The molecule has 0 saturated heterocycles. The average molecular weight is 589 g/mol. The summed E-state index contributed by atoms with van der Waals surface area (Å²) in [5.41, 5.74) is 0.161. The van der Waals surface area contributed by atoms with Crippen LogP contribution in [0.15, 0.2) is 73.3 Å². The molecule has 0 aliphatic carbocycles. The van der Waals surface area contributed by atoms with E-state index in [1.54, 1.807) is 0 Å². The fourth-order valence-electron chi connectivity index (χ4n) is 2.55. The summed E-state index contributed by atoms with van der Waals surface area (Å²) in [4.78, 5) is 21.4. The molecule has 0 aliphatic rings. The van der Waals surface area contributed by atoms with Gasteiger partial charge in [0.05, 0.1) is 13.8 Å². The third-order valence-electron chi connectivity index (χ3n) is 4.02. The number of halogens is 3. The fraction of sp³-hybridized carbons (Fsp3) is 0. The Morgan fingerprint density at radius 2 is 1.56 bits per heavy atom. The second-order valence-electron chi connectivity index (χ2n) is 6.22. The van der Waals surface area contributed by atoms with Gasteiger partial charge in [-0.05, 0) is 80.4 Å². The zero-order valence-electron chi connectivity index (χ0n) is 15.7. The molecule has 8 nitrogen and oxygen atoms in total. The van der Waals surface area contributed by atoms with Crippen molar-refractivity contribution in [1.82, 2.24) is 0 Å². The summed E-state index contributed by atoms with van der Waals surface area (Å²) in [6.07, 6.45) is 0. The smallest absolute Gasteiger partial charge is 0.394 e. The second kappa shape index (κ2) is 9.27. The Bertz CT molecular complexity index is 1310. The van der Waals surface area contributed by atoms with Crippen molar-refractivity contribution in [1.29, 1.82) is 0 Å². The van der Waals surface area contributed by atoms with Crippen molar-refractivity contribution in [2.24, 2.45) is 0 Å². The van der Waals surface area contributed by atoms with E-state index in [0.717, 1.165) is 36.4 Å². The van der Waals surface area contributed by atoms with Crippen LogP contribution in [0.3, 0.4) is 0 Å². The quantitative estimate of drug-likeness (QED) is 0.291. The number of carbonyl (C=O) groups excluding carboxylic acids is 1. The summed E-state index contributed by atoms with van der Waals surface area (Å²) in [5, 5.41) is 21.0. The summed E-state index contributed by atoms with van der Waals surface area (Å²) >= 11 is 6.48. The minimum atomic E-state index is -4.17. The highest BCUT2D eigenvalue weighted by atomic mass is 79.9. The van der Waals surface area contributed by atoms with Gasteiger partial charge >= 0.3 is 11.9 Å². The number of phenolic OH excluding ortho intramolecular Hbond substituents is 1. The highest BCUT2D eigenvalue weighted by Gasteiger charge is 2.23. The van der Waals surface area contributed by atoms with Crippen molar-refractivity contribution < 1.29 is 37.3 Å². The van der Waals surface area contributed by atoms with E-state index in [9.17, 15) is 27.5 Å². The predicted molar refractivity (Wildman–Crippen MR) is 118 cm³/mol. The van der Waals surface area contributed by atoms with Crippen molar-refractivity contribution in [2.75, 3.05) is 5.32 Å². The molecule has 3 rings (SSSR count). The number of rotatable bonds is 5. The number of carboxylic acid groups (broad SMARTS) is 1. The van der Waals surface area contributed by atoms with Gasteiger partial charge in [-0.3, -0.25) is 4.79 Å². The van der Waals surface area contributed by atoms with Crippen molar-refractivity contribution in [3.05, 3.63) is 69.4 Å². The molecule has 0 unspecified atom stereocenters. The number of carbonyl (C=O) groups is 2. The van der Waals surface area contributed by atoms with Crippen LogP contribution in [0.1, 0.15) is 0 Å². The maximum Gasteiger partial charge on any atom is 0.394 e. The van der Waals surface area contributed by atoms with E-state index in [1.807, 2.05) is 0 Å². The van der Waals surface area contributed by atoms with E-state index in [1.165, 1.54) is 18.2 Å². The molecule has 3 N–H and O–H groups in total. The summed E-state index contributed by atoms with van der Waals surface area (Å²) in [5.74, 6) is -3.78. The number of aliphatic carboxylic acids is 1. The molecule has 0 spiro atoms. The Morgan fingerprint density at radius 1 is 0.969 bits per heavy atom. The molecule has 0 saturated carbocycles. The van der Waals surface area contributed by atoms with E-state index in [-0.39, 0.29) is 22.1 Å². The van der Waals surface area contributed by atoms with Crippen LogP contribution in [-0.4, -0.2) is 30.5 Å². The Labute approximate surface area is 197 Å². The lowest BCUT2D eigenvalue weighted by atomic mass is 10.3. The average Bonchev–Trinajstić information content (AvgIpc) is 2.72. The Morgan fingerprint density at radius 3 is 2.12 bits per heavy atom. The van der Waals surface area contributed by atoms with Gasteiger partial charge in [-0.2, -0.15) is 0 Å². The van der Waals surface area contributed by atoms with Crippen LogP contribution in [-0.2, 0) is 19.4 Å². The Hall–Kier alpha value is -2.96. The lowest BCUT2D eigenvalue weighted by Gasteiger charge is -2.14. The molecule has 0 fully saturated rings. The summed E-state index contributed by atoms with van der Waals surface area (Å²) in [6.45, 7) is 0.